The second-order valence-corrected chi connectivity index (χ2v) is 4.32. The van der Waals surface area contributed by atoms with Crippen LogP contribution in [0.3, 0.4) is 0 Å². The molecule has 0 aromatic heterocycles. The molecule has 0 amide bonds. The highest BCUT2D eigenvalue weighted by Gasteiger charge is 2.19. The summed E-state index contributed by atoms with van der Waals surface area (Å²) in [6.45, 7) is 1.06. The summed E-state index contributed by atoms with van der Waals surface area (Å²) in [5.41, 5.74) is 2.39. The molecule has 0 aromatic carbocycles. The van der Waals surface area contributed by atoms with Gasteiger partial charge in [-0.2, -0.15) is 0 Å². The van der Waals surface area contributed by atoms with Gasteiger partial charge in [-0.15, -0.1) is 0 Å². The van der Waals surface area contributed by atoms with Gasteiger partial charge >= 0.3 is 0 Å². The molecule has 0 atom stereocenters. The molecule has 2 nitrogen and oxygen atoms in total. The lowest BCUT2D eigenvalue weighted by Gasteiger charge is -2.18. The van der Waals surface area contributed by atoms with E-state index >= 15 is 0 Å². The van der Waals surface area contributed by atoms with E-state index in [1.165, 1.54) is 31.4 Å². The molecule has 1 aliphatic heterocycles. The van der Waals surface area contributed by atoms with Gasteiger partial charge in [-0.05, 0) is 38.5 Å². The van der Waals surface area contributed by atoms with Crippen LogP contribution in [0.5, 0.6) is 0 Å². The van der Waals surface area contributed by atoms with Crippen LogP contribution >= 0.6 is 0 Å². The Hall–Kier alpha value is -0.790. The van der Waals surface area contributed by atoms with Gasteiger partial charge in [-0.1, -0.05) is 6.42 Å². The molecule has 0 spiro atoms. The summed E-state index contributed by atoms with van der Waals surface area (Å²) in [5, 5.41) is 3.44. The molecule has 1 aliphatic carbocycles. The van der Waals surface area contributed by atoms with Crippen molar-refractivity contribution in [2.75, 3.05) is 6.54 Å². The number of hydrogen-bond donors (Lipinski definition) is 1. The first kappa shape index (κ1) is 9.75. The van der Waals surface area contributed by atoms with Crippen molar-refractivity contribution in [3.63, 3.8) is 0 Å². The second-order valence-electron chi connectivity index (χ2n) is 4.32. The molecule has 2 fully saturated rings. The second kappa shape index (κ2) is 4.63. The van der Waals surface area contributed by atoms with E-state index in [4.69, 9.17) is 0 Å². The van der Waals surface area contributed by atoms with Crippen LogP contribution in [0.25, 0.3) is 0 Å². The Labute approximate surface area is 85.8 Å². The summed E-state index contributed by atoms with van der Waals surface area (Å²) in [5.74, 6) is 0.403. The number of carbonyl (C=O) groups excluding carboxylic acids is 1. The van der Waals surface area contributed by atoms with Gasteiger partial charge in [-0.3, -0.25) is 4.79 Å². The van der Waals surface area contributed by atoms with E-state index in [0.29, 0.717) is 5.78 Å². The van der Waals surface area contributed by atoms with Crippen LogP contribution in [0.15, 0.2) is 11.3 Å². The lowest BCUT2D eigenvalue weighted by Crippen LogP contribution is -2.20. The van der Waals surface area contributed by atoms with Gasteiger partial charge in [-0.25, -0.2) is 0 Å². The minimum atomic E-state index is 0.403. The molecule has 1 N–H and O–H groups in total. The van der Waals surface area contributed by atoms with Crippen molar-refractivity contribution in [3.05, 3.63) is 11.3 Å². The van der Waals surface area contributed by atoms with Crippen LogP contribution in [-0.2, 0) is 4.79 Å². The number of carbonyl (C=O) groups is 1. The zero-order valence-corrected chi connectivity index (χ0v) is 8.77. The number of hydrogen-bond acceptors (Lipinski definition) is 2. The topological polar surface area (TPSA) is 29.1 Å². The molecule has 78 valence electrons. The Balaban J connectivity index is 2.13. The molecule has 2 aliphatic rings. The lowest BCUT2D eigenvalue weighted by atomic mass is 9.91. The summed E-state index contributed by atoms with van der Waals surface area (Å²) in [4.78, 5) is 11.7. The van der Waals surface area contributed by atoms with Gasteiger partial charge in [0.25, 0.3) is 0 Å². The highest BCUT2D eigenvalue weighted by molar-refractivity contribution is 5.96. The lowest BCUT2D eigenvalue weighted by molar-refractivity contribution is -0.116. The fourth-order valence-corrected chi connectivity index (χ4v) is 2.39. The predicted molar refractivity (Wildman–Crippen MR) is 57.0 cm³/mol. The molecule has 2 rings (SSSR count). The first-order chi connectivity index (χ1) is 6.88. The van der Waals surface area contributed by atoms with Crippen LogP contribution in [-0.4, -0.2) is 12.3 Å². The molecule has 1 saturated heterocycles. The SMILES string of the molecule is O=C1CCCC/C1=C1\CCCCCN1. The molecular weight excluding hydrogens is 174 g/mol. The summed E-state index contributed by atoms with van der Waals surface area (Å²) < 4.78 is 0. The van der Waals surface area contributed by atoms with E-state index in [-0.39, 0.29) is 0 Å². The van der Waals surface area contributed by atoms with E-state index < -0.39 is 0 Å². The molecule has 0 aromatic rings. The summed E-state index contributed by atoms with van der Waals surface area (Å²) in [7, 11) is 0. The fraction of sp³-hybridized carbons (Fsp3) is 0.750. The summed E-state index contributed by atoms with van der Waals surface area (Å²) in [6.07, 6.45) is 8.99. The van der Waals surface area contributed by atoms with E-state index in [0.717, 1.165) is 37.8 Å². The van der Waals surface area contributed by atoms with Crippen molar-refractivity contribution in [1.29, 1.82) is 0 Å². The van der Waals surface area contributed by atoms with Crippen molar-refractivity contribution >= 4 is 5.78 Å². The van der Waals surface area contributed by atoms with Crippen molar-refractivity contribution in [3.8, 4) is 0 Å². The van der Waals surface area contributed by atoms with E-state index in [9.17, 15) is 4.79 Å². The number of Topliss-reactive ketones (excluding diaryl/α,β-unsaturated/α-hetero) is 1. The molecule has 0 unspecified atom stereocenters. The monoisotopic (exact) mass is 193 g/mol. The Kier molecular flexibility index (Phi) is 3.22. The zero-order chi connectivity index (χ0) is 9.80. The number of allylic oxidation sites excluding steroid dienone is 2. The number of rotatable bonds is 0. The first-order valence-corrected chi connectivity index (χ1v) is 5.87. The van der Waals surface area contributed by atoms with Gasteiger partial charge in [0.15, 0.2) is 5.78 Å². The third-order valence-corrected chi connectivity index (χ3v) is 3.22. The van der Waals surface area contributed by atoms with Crippen LogP contribution in [0.2, 0.25) is 0 Å². The Morgan fingerprint density at radius 1 is 0.857 bits per heavy atom. The van der Waals surface area contributed by atoms with Crippen LogP contribution < -0.4 is 5.32 Å². The molecular formula is C12H19NO. The zero-order valence-electron chi connectivity index (χ0n) is 8.77. The Morgan fingerprint density at radius 2 is 1.64 bits per heavy atom. The Bertz CT molecular complexity index is 245. The molecule has 0 radical (unpaired) electrons. The normalized spacial score (nSPS) is 29.6. The summed E-state index contributed by atoms with van der Waals surface area (Å²) in [6, 6.07) is 0. The maximum atomic E-state index is 11.7. The highest BCUT2D eigenvalue weighted by atomic mass is 16.1. The van der Waals surface area contributed by atoms with Crippen molar-refractivity contribution < 1.29 is 4.79 Å². The van der Waals surface area contributed by atoms with Gasteiger partial charge in [0.05, 0.1) is 0 Å². The molecule has 1 saturated carbocycles. The van der Waals surface area contributed by atoms with Crippen LogP contribution in [0, 0.1) is 0 Å². The van der Waals surface area contributed by atoms with E-state index in [2.05, 4.69) is 5.32 Å². The van der Waals surface area contributed by atoms with E-state index in [1.807, 2.05) is 0 Å². The van der Waals surface area contributed by atoms with Crippen LogP contribution in [0.4, 0.5) is 0 Å². The van der Waals surface area contributed by atoms with Gasteiger partial charge in [0.1, 0.15) is 0 Å². The van der Waals surface area contributed by atoms with Crippen molar-refractivity contribution in [2.24, 2.45) is 0 Å². The van der Waals surface area contributed by atoms with Crippen molar-refractivity contribution in [2.45, 2.75) is 51.4 Å². The minimum absolute atomic E-state index is 0.403. The predicted octanol–water partition coefficient (Wildman–Crippen LogP) is 2.55. The number of ketones is 1. The third kappa shape index (κ3) is 2.17. The first-order valence-electron chi connectivity index (χ1n) is 5.87. The molecule has 14 heavy (non-hydrogen) atoms. The average Bonchev–Trinajstić information content (AvgIpc) is 2.47. The molecule has 0 bridgehead atoms. The van der Waals surface area contributed by atoms with Gasteiger partial charge in [0, 0.05) is 24.2 Å². The smallest absolute Gasteiger partial charge is 0.160 e. The van der Waals surface area contributed by atoms with Gasteiger partial charge < -0.3 is 5.32 Å². The highest BCUT2D eigenvalue weighted by Crippen LogP contribution is 2.25. The standard InChI is InChI=1S/C12H19NO/c14-12-8-4-3-6-10(12)11-7-2-1-5-9-13-11/h13H,1-9H2/b11-10-. The molecule has 2 heteroatoms. The maximum Gasteiger partial charge on any atom is 0.160 e. The van der Waals surface area contributed by atoms with Crippen molar-refractivity contribution in [1.82, 2.24) is 5.32 Å². The van der Waals surface area contributed by atoms with E-state index in [1.54, 1.807) is 0 Å². The quantitative estimate of drug-likeness (QED) is 0.599. The maximum absolute atomic E-state index is 11.7. The average molecular weight is 193 g/mol. The Morgan fingerprint density at radius 3 is 2.50 bits per heavy atom. The molecule has 1 heterocycles. The fourth-order valence-electron chi connectivity index (χ4n) is 2.39. The third-order valence-electron chi connectivity index (χ3n) is 3.22. The van der Waals surface area contributed by atoms with Crippen LogP contribution in [0.1, 0.15) is 51.4 Å². The number of nitrogens with one attached hydrogen (secondary N) is 1. The summed E-state index contributed by atoms with van der Waals surface area (Å²) >= 11 is 0. The largest absolute Gasteiger partial charge is 0.388 e. The minimum Gasteiger partial charge on any atom is -0.388 e. The van der Waals surface area contributed by atoms with Gasteiger partial charge in [0.2, 0.25) is 0 Å².